The number of hydrogen-bond acceptors (Lipinski definition) is 13. The summed E-state index contributed by atoms with van der Waals surface area (Å²) in [4.78, 5) is 84.3. The van der Waals surface area contributed by atoms with Crippen molar-refractivity contribution < 1.29 is 37.0 Å². The molecule has 0 atom stereocenters. The molecular formula is C41H51Br2ClF3N13O7. The van der Waals surface area contributed by atoms with Crippen LogP contribution in [0, 0.1) is 0 Å². The van der Waals surface area contributed by atoms with Crippen molar-refractivity contribution in [1.82, 2.24) is 48.5 Å². The highest BCUT2D eigenvalue weighted by molar-refractivity contribution is 9.10. The fourth-order valence-corrected chi connectivity index (χ4v) is 8.28. The number of piperazine rings is 2. The van der Waals surface area contributed by atoms with E-state index in [1.54, 1.807) is 30.6 Å². The minimum atomic E-state index is -4.58. The van der Waals surface area contributed by atoms with Crippen molar-refractivity contribution in [1.29, 1.82) is 0 Å². The zero-order chi connectivity index (χ0) is 49.3. The highest BCUT2D eigenvalue weighted by atomic mass is 79.9. The molecule has 2 aliphatic heterocycles. The molecule has 2 N–H and O–H groups in total. The van der Waals surface area contributed by atoms with Gasteiger partial charge in [0.25, 0.3) is 16.9 Å². The standard InChI is InChI=1S/C25H28BrClF3N7O4.C16H23BrN6O3/c1-5-17-19(34-8-10-35(11-9-34)23(40)41-24(2,3)4)20(39)37-22(32-21(26)33-37)36(17)13-18(38)31-16-7-6-14(12-15(16)27)25(28,29)30;1-5-10-11(12(24)23-14(18-10)19-13(17)20-23)21-6-8-22(9-7-21)15(25)26-16(2,3)4/h6-7,12H,5,8-11,13H2,1-4H3,(H,31,38);5-9H2,1-4H3,(H,18,19,20). The number of carbonyl (C=O) groups excluding carboxylic acids is 3. The van der Waals surface area contributed by atoms with E-state index >= 15 is 0 Å². The molecule has 0 aliphatic carbocycles. The Morgan fingerprint density at radius 1 is 0.791 bits per heavy atom. The van der Waals surface area contributed by atoms with Gasteiger partial charge in [-0.1, -0.05) is 25.4 Å². The molecule has 0 bridgehead atoms. The Morgan fingerprint density at radius 3 is 1.84 bits per heavy atom. The van der Waals surface area contributed by atoms with Crippen LogP contribution >= 0.6 is 43.5 Å². The number of nitrogens with zero attached hydrogens (tertiary/aromatic N) is 11. The van der Waals surface area contributed by atoms with Crippen LogP contribution in [0.2, 0.25) is 5.02 Å². The number of halogens is 6. The molecule has 7 rings (SSSR count). The van der Waals surface area contributed by atoms with Crippen molar-refractivity contribution in [2.45, 2.75) is 92.2 Å². The van der Waals surface area contributed by atoms with Gasteiger partial charge >= 0.3 is 18.4 Å². The number of aromatic amines is 1. The molecule has 364 valence electrons. The summed E-state index contributed by atoms with van der Waals surface area (Å²) in [6, 6.07) is 2.63. The average molecular weight is 1090 g/mol. The fraction of sp³-hybridized carbons (Fsp3) is 0.537. The van der Waals surface area contributed by atoms with Crippen LogP contribution in [-0.2, 0) is 39.8 Å². The first-order chi connectivity index (χ1) is 31.3. The maximum Gasteiger partial charge on any atom is 0.416 e. The number of aryl methyl sites for hydroxylation is 1. The molecule has 4 aromatic heterocycles. The maximum absolute atomic E-state index is 13.6. The van der Waals surface area contributed by atoms with Gasteiger partial charge in [0.1, 0.15) is 29.1 Å². The number of hydrogen-bond donors (Lipinski definition) is 2. The summed E-state index contributed by atoms with van der Waals surface area (Å²) in [7, 11) is 0. The molecule has 1 aromatic carbocycles. The van der Waals surface area contributed by atoms with E-state index in [1.807, 2.05) is 44.4 Å². The van der Waals surface area contributed by atoms with Gasteiger partial charge in [-0.2, -0.15) is 32.2 Å². The van der Waals surface area contributed by atoms with Crippen LogP contribution in [0.3, 0.4) is 0 Å². The molecule has 67 heavy (non-hydrogen) atoms. The molecule has 20 nitrogen and oxygen atoms in total. The zero-order valence-electron chi connectivity index (χ0n) is 38.1. The minimum absolute atomic E-state index is 0.000848. The lowest BCUT2D eigenvalue weighted by molar-refractivity contribution is -0.137. The van der Waals surface area contributed by atoms with Crippen molar-refractivity contribution >= 4 is 90.2 Å². The molecule has 3 amide bonds. The summed E-state index contributed by atoms with van der Waals surface area (Å²) in [6.07, 6.45) is -4.39. The fourth-order valence-electron chi connectivity index (χ4n) is 7.40. The highest BCUT2D eigenvalue weighted by Gasteiger charge is 2.33. The van der Waals surface area contributed by atoms with Crippen LogP contribution in [0.4, 0.5) is 39.8 Å². The number of aromatic nitrogens is 8. The summed E-state index contributed by atoms with van der Waals surface area (Å²) in [6.45, 7) is 17.7. The second kappa shape index (κ2) is 20.0. The van der Waals surface area contributed by atoms with Crippen LogP contribution in [0.1, 0.15) is 72.3 Å². The Kier molecular flexibility index (Phi) is 15.2. The van der Waals surface area contributed by atoms with E-state index in [0.717, 1.165) is 22.7 Å². The van der Waals surface area contributed by atoms with Crippen LogP contribution in [0.5, 0.6) is 0 Å². The first-order valence-electron chi connectivity index (χ1n) is 21.3. The predicted octanol–water partition coefficient (Wildman–Crippen LogP) is 6.38. The lowest BCUT2D eigenvalue weighted by Gasteiger charge is -2.37. The van der Waals surface area contributed by atoms with Gasteiger partial charge in [0.05, 0.1) is 27.7 Å². The van der Waals surface area contributed by atoms with E-state index in [2.05, 4.69) is 62.3 Å². The first-order valence-corrected chi connectivity index (χ1v) is 23.2. The Balaban J connectivity index is 0.000000244. The number of H-pyrrole nitrogens is 1. The van der Waals surface area contributed by atoms with E-state index in [1.165, 1.54) is 9.08 Å². The van der Waals surface area contributed by atoms with E-state index in [0.29, 0.717) is 98.5 Å². The van der Waals surface area contributed by atoms with Gasteiger partial charge in [-0.25, -0.2) is 14.6 Å². The van der Waals surface area contributed by atoms with Crippen LogP contribution in [0.15, 0.2) is 37.3 Å². The van der Waals surface area contributed by atoms with Gasteiger partial charge in [0.2, 0.25) is 16.4 Å². The topological polar surface area (TPSA) is 210 Å². The number of anilines is 3. The number of fused-ring (bicyclic) bond motifs is 2. The molecule has 26 heteroatoms. The van der Waals surface area contributed by atoms with Crippen molar-refractivity contribution in [3.63, 3.8) is 0 Å². The van der Waals surface area contributed by atoms with Crippen molar-refractivity contribution in [2.75, 3.05) is 67.5 Å². The first kappa shape index (κ1) is 51.0. The third-order valence-corrected chi connectivity index (χ3v) is 11.4. The second-order valence-corrected chi connectivity index (χ2v) is 19.4. The summed E-state index contributed by atoms with van der Waals surface area (Å²) in [5.41, 5.74) is -0.659. The average Bonchev–Trinajstić information content (AvgIpc) is 3.83. The number of ether oxygens (including phenoxy) is 2. The molecule has 5 aromatic rings. The Hall–Kier alpha value is -5.43. The van der Waals surface area contributed by atoms with Gasteiger partial charge in [-0.3, -0.25) is 19.5 Å². The zero-order valence-corrected chi connectivity index (χ0v) is 42.0. The third-order valence-electron chi connectivity index (χ3n) is 10.4. The number of nitrogens with one attached hydrogen (secondary N) is 2. The minimum Gasteiger partial charge on any atom is -0.444 e. The quantitative estimate of drug-likeness (QED) is 0.182. The Bertz CT molecular complexity index is 2780. The van der Waals surface area contributed by atoms with Gasteiger partial charge < -0.3 is 39.0 Å². The van der Waals surface area contributed by atoms with Crippen molar-refractivity contribution in [2.24, 2.45) is 0 Å². The molecule has 0 radical (unpaired) electrons. The third kappa shape index (κ3) is 12.0. The maximum atomic E-state index is 13.6. The van der Waals surface area contributed by atoms with Crippen LogP contribution < -0.4 is 26.2 Å². The van der Waals surface area contributed by atoms with E-state index in [4.69, 9.17) is 21.1 Å². The smallest absolute Gasteiger partial charge is 0.416 e. The molecule has 6 heterocycles. The SMILES string of the molecule is CCc1c(N2CCN(C(=O)OC(C)(C)C)CC2)c(=O)n2nc(Br)nc2n1CC(=O)Nc1ccc(C(F)(F)F)cc1Cl.CCc1nc2nc(Br)[nH]n2c(=O)c1N1CCN(C(=O)OC(C)(C)C)CC1. The van der Waals surface area contributed by atoms with Gasteiger partial charge in [-0.15, -0.1) is 5.10 Å². The number of carbonyl (C=O) groups is 3. The molecule has 2 aliphatic rings. The lowest BCUT2D eigenvalue weighted by atomic mass is 10.2. The summed E-state index contributed by atoms with van der Waals surface area (Å²) >= 11 is 12.4. The molecule has 0 unspecified atom stereocenters. The number of amides is 3. The van der Waals surface area contributed by atoms with Crippen molar-refractivity contribution in [3.05, 3.63) is 70.3 Å². The second-order valence-electron chi connectivity index (χ2n) is 17.5. The number of rotatable bonds is 7. The summed E-state index contributed by atoms with van der Waals surface area (Å²) in [5.74, 6) is -0.162. The number of alkyl halides is 3. The van der Waals surface area contributed by atoms with Gasteiger partial charge in [0.15, 0.2) is 4.73 Å². The normalized spacial score (nSPS) is 14.9. The Labute approximate surface area is 404 Å². The lowest BCUT2D eigenvalue weighted by Crippen LogP contribution is -2.51. The summed E-state index contributed by atoms with van der Waals surface area (Å²) in [5, 5.41) is 9.25. The van der Waals surface area contributed by atoms with Gasteiger partial charge in [-0.05, 0) is 104 Å². The Morgan fingerprint density at radius 2 is 1.34 bits per heavy atom. The molecule has 2 saturated heterocycles. The van der Waals surface area contributed by atoms with E-state index < -0.39 is 40.5 Å². The summed E-state index contributed by atoms with van der Waals surface area (Å²) < 4.78 is 54.4. The van der Waals surface area contributed by atoms with E-state index in [-0.39, 0.29) is 39.4 Å². The molecule has 0 saturated carbocycles. The monoisotopic (exact) mass is 1090 g/mol. The molecular weight excluding hydrogens is 1040 g/mol. The highest BCUT2D eigenvalue weighted by Crippen LogP contribution is 2.34. The molecule has 0 spiro atoms. The van der Waals surface area contributed by atoms with Crippen molar-refractivity contribution in [3.8, 4) is 0 Å². The predicted molar refractivity (Wildman–Crippen MR) is 250 cm³/mol. The largest absolute Gasteiger partial charge is 0.444 e. The van der Waals surface area contributed by atoms with Crippen LogP contribution in [0.25, 0.3) is 11.6 Å². The van der Waals surface area contributed by atoms with E-state index in [9.17, 15) is 37.1 Å². The van der Waals surface area contributed by atoms with Crippen LogP contribution in [-0.4, -0.2) is 130 Å². The van der Waals surface area contributed by atoms with Gasteiger partial charge in [0, 0.05) is 52.4 Å². The number of benzene rings is 1. The molecule has 2 fully saturated rings.